The third kappa shape index (κ3) is 2.53. The highest BCUT2D eigenvalue weighted by Crippen LogP contribution is 2.57. The van der Waals surface area contributed by atoms with Crippen molar-refractivity contribution >= 4 is 43.4 Å². The zero-order valence-electron chi connectivity index (χ0n) is 19.8. The summed E-state index contributed by atoms with van der Waals surface area (Å²) < 4.78 is 7.83. The van der Waals surface area contributed by atoms with E-state index in [9.17, 15) is 0 Å². The van der Waals surface area contributed by atoms with Gasteiger partial charge in [-0.25, -0.2) is 0 Å². The van der Waals surface area contributed by atoms with Crippen molar-refractivity contribution in [3.05, 3.63) is 89.6 Å². The molecule has 3 heterocycles. The van der Waals surface area contributed by atoms with Crippen molar-refractivity contribution in [2.45, 2.75) is 39.0 Å². The van der Waals surface area contributed by atoms with Crippen molar-refractivity contribution in [1.82, 2.24) is 4.98 Å². The highest BCUT2D eigenvalue weighted by atomic mass is 32.1. The van der Waals surface area contributed by atoms with Crippen LogP contribution in [0.3, 0.4) is 0 Å². The maximum atomic E-state index is 6.47. The third-order valence-electron chi connectivity index (χ3n) is 7.49. The average molecular weight is 460 g/mol. The van der Waals surface area contributed by atoms with E-state index in [1.165, 1.54) is 48.2 Å². The number of rotatable bonds is 2. The normalized spacial score (nSPS) is 14.4. The molecule has 0 saturated carbocycles. The lowest BCUT2D eigenvalue weighted by atomic mass is 9.78. The topological polar surface area (TPSA) is 26.0 Å². The molecule has 166 valence electrons. The average Bonchev–Trinajstić information content (AvgIpc) is 3.47. The smallest absolute Gasteiger partial charge is 0.161 e. The Bertz CT molecular complexity index is 1770. The van der Waals surface area contributed by atoms with Crippen LogP contribution >= 0.6 is 11.3 Å². The fourth-order valence-corrected chi connectivity index (χ4v) is 7.26. The highest BCUT2D eigenvalue weighted by Gasteiger charge is 2.41. The Morgan fingerprint density at radius 2 is 1.65 bits per heavy atom. The number of hydrogen-bond donors (Lipinski definition) is 0. The fourth-order valence-electron chi connectivity index (χ4n) is 5.86. The van der Waals surface area contributed by atoms with Gasteiger partial charge in [0.05, 0.1) is 0 Å². The van der Waals surface area contributed by atoms with Gasteiger partial charge in [-0.3, -0.25) is 4.98 Å². The molecule has 6 aromatic rings. The lowest BCUT2D eigenvalue weighted by Gasteiger charge is -2.24. The lowest BCUT2D eigenvalue weighted by molar-refractivity contribution is 0.662. The summed E-state index contributed by atoms with van der Waals surface area (Å²) in [5.41, 5.74) is 9.23. The second kappa shape index (κ2) is 6.80. The van der Waals surface area contributed by atoms with Crippen LogP contribution in [0.5, 0.6) is 0 Å². The Kier molecular flexibility index (Phi) is 4.00. The van der Waals surface area contributed by atoms with Gasteiger partial charge in [-0.2, -0.15) is 0 Å². The second-order valence-corrected chi connectivity index (χ2v) is 11.3. The van der Waals surface area contributed by atoms with Gasteiger partial charge < -0.3 is 4.42 Å². The molecular weight excluding hydrogens is 434 g/mol. The number of pyridine rings is 1. The predicted molar refractivity (Wildman–Crippen MR) is 144 cm³/mol. The molecule has 1 aliphatic carbocycles. The molecule has 3 aromatic carbocycles. The van der Waals surface area contributed by atoms with Gasteiger partial charge in [0.1, 0.15) is 11.3 Å². The minimum atomic E-state index is -0.123. The summed E-state index contributed by atoms with van der Waals surface area (Å²) in [5, 5.41) is 3.67. The molecule has 0 amide bonds. The monoisotopic (exact) mass is 459 g/mol. The minimum Gasteiger partial charge on any atom is -0.454 e. The Balaban J connectivity index is 1.52. The lowest BCUT2D eigenvalue weighted by Crippen LogP contribution is -2.16. The Labute approximate surface area is 202 Å². The maximum Gasteiger partial charge on any atom is 0.161 e. The largest absolute Gasteiger partial charge is 0.454 e. The van der Waals surface area contributed by atoms with Crippen molar-refractivity contribution < 1.29 is 4.42 Å². The zero-order chi connectivity index (χ0) is 23.2. The summed E-state index contributed by atoms with van der Waals surface area (Å²) in [6.45, 7) is 9.17. The molecule has 0 spiro atoms. The maximum absolute atomic E-state index is 6.47. The first-order valence-corrected chi connectivity index (χ1v) is 12.7. The summed E-state index contributed by atoms with van der Waals surface area (Å²) in [6, 6.07) is 24.1. The van der Waals surface area contributed by atoms with Gasteiger partial charge in [0.15, 0.2) is 5.58 Å². The SMILES string of the molecule is CC(C)c1ccc2oc3c(-c4cccc5c4C(C)(C)c4c-5sc5ccccc45)nccc3c2c1. The van der Waals surface area contributed by atoms with Gasteiger partial charge in [-0.1, -0.05) is 70.2 Å². The van der Waals surface area contributed by atoms with Crippen LogP contribution in [0, 0.1) is 0 Å². The van der Waals surface area contributed by atoms with Crippen LogP contribution in [0.15, 0.2) is 77.3 Å². The van der Waals surface area contributed by atoms with Crippen molar-refractivity contribution in [2.75, 3.05) is 0 Å². The molecule has 0 atom stereocenters. The summed E-state index contributed by atoms with van der Waals surface area (Å²) >= 11 is 1.90. The quantitative estimate of drug-likeness (QED) is 0.258. The standard InChI is InChI=1S/C31H25NOS/c1-17(2)18-12-13-24-23(16-18)19-14-15-32-28(29(19)33-24)21-9-7-10-22-26(21)31(3,4)27-20-8-5-6-11-25(20)34-30(22)27/h5-17H,1-4H3. The van der Waals surface area contributed by atoms with E-state index in [4.69, 9.17) is 9.40 Å². The van der Waals surface area contributed by atoms with E-state index >= 15 is 0 Å². The molecule has 0 radical (unpaired) electrons. The molecule has 0 fully saturated rings. The van der Waals surface area contributed by atoms with Crippen molar-refractivity contribution in [2.24, 2.45) is 0 Å². The minimum absolute atomic E-state index is 0.123. The molecule has 0 saturated heterocycles. The van der Waals surface area contributed by atoms with Crippen molar-refractivity contribution in [3.63, 3.8) is 0 Å². The zero-order valence-corrected chi connectivity index (χ0v) is 20.6. The molecule has 2 nitrogen and oxygen atoms in total. The van der Waals surface area contributed by atoms with Crippen LogP contribution < -0.4 is 0 Å². The van der Waals surface area contributed by atoms with Gasteiger partial charge in [-0.05, 0) is 57.8 Å². The van der Waals surface area contributed by atoms with Crippen molar-refractivity contribution in [3.8, 4) is 21.7 Å². The number of furan rings is 1. The van der Waals surface area contributed by atoms with Gasteiger partial charge in [0.2, 0.25) is 0 Å². The van der Waals surface area contributed by atoms with Crippen molar-refractivity contribution in [1.29, 1.82) is 0 Å². The van der Waals surface area contributed by atoms with Gasteiger partial charge in [0.25, 0.3) is 0 Å². The molecule has 7 rings (SSSR count). The molecule has 34 heavy (non-hydrogen) atoms. The number of nitrogens with zero attached hydrogens (tertiary/aromatic N) is 1. The molecule has 0 aliphatic heterocycles. The third-order valence-corrected chi connectivity index (χ3v) is 8.69. The first kappa shape index (κ1) is 20.0. The number of aromatic nitrogens is 1. The number of benzene rings is 3. The van der Waals surface area contributed by atoms with Gasteiger partial charge in [-0.15, -0.1) is 11.3 Å². The van der Waals surface area contributed by atoms with E-state index in [1.54, 1.807) is 0 Å². The Morgan fingerprint density at radius 1 is 0.824 bits per heavy atom. The summed E-state index contributed by atoms with van der Waals surface area (Å²) in [4.78, 5) is 6.28. The molecule has 3 aromatic heterocycles. The Morgan fingerprint density at radius 3 is 2.50 bits per heavy atom. The first-order chi connectivity index (χ1) is 16.4. The fraction of sp³-hybridized carbons (Fsp3) is 0.194. The molecule has 0 bridgehead atoms. The van der Waals surface area contributed by atoms with E-state index in [0.29, 0.717) is 5.92 Å². The summed E-state index contributed by atoms with van der Waals surface area (Å²) in [6.07, 6.45) is 1.93. The van der Waals surface area contributed by atoms with Crippen LogP contribution in [-0.4, -0.2) is 4.98 Å². The van der Waals surface area contributed by atoms with Gasteiger partial charge >= 0.3 is 0 Å². The molecule has 3 heteroatoms. The van der Waals surface area contributed by atoms with Crippen LogP contribution in [0.1, 0.15) is 50.3 Å². The second-order valence-electron chi connectivity index (χ2n) is 10.2. The predicted octanol–water partition coefficient (Wildman–Crippen LogP) is 9.29. The number of hydrogen-bond acceptors (Lipinski definition) is 3. The van der Waals surface area contributed by atoms with Crippen LogP contribution in [0.2, 0.25) is 0 Å². The van der Waals surface area contributed by atoms with Gasteiger partial charge in [0, 0.05) is 37.5 Å². The Hall–Kier alpha value is -3.43. The van der Waals surface area contributed by atoms with E-state index in [-0.39, 0.29) is 5.41 Å². The van der Waals surface area contributed by atoms with Crippen LogP contribution in [0.4, 0.5) is 0 Å². The molecule has 0 N–H and O–H groups in total. The van der Waals surface area contributed by atoms with E-state index < -0.39 is 0 Å². The number of thiophene rings is 1. The van der Waals surface area contributed by atoms with E-state index in [1.807, 2.05) is 17.5 Å². The van der Waals surface area contributed by atoms with E-state index in [2.05, 4.69) is 94.4 Å². The van der Waals surface area contributed by atoms with Crippen LogP contribution in [-0.2, 0) is 5.41 Å². The summed E-state index contributed by atoms with van der Waals surface area (Å²) in [7, 11) is 0. The van der Waals surface area contributed by atoms with Crippen LogP contribution in [0.25, 0.3) is 53.7 Å². The molecule has 0 unspecified atom stereocenters. The molecular formula is C31H25NOS. The molecule has 1 aliphatic rings. The number of fused-ring (bicyclic) bond motifs is 8. The van der Waals surface area contributed by atoms with E-state index in [0.717, 1.165) is 22.2 Å². The first-order valence-electron chi connectivity index (χ1n) is 11.9. The summed E-state index contributed by atoms with van der Waals surface area (Å²) in [5.74, 6) is 0.475. The highest BCUT2D eigenvalue weighted by molar-refractivity contribution is 7.22.